The number of hydrogen-bond acceptors (Lipinski definition) is 1. The van der Waals surface area contributed by atoms with Gasteiger partial charge in [-0.1, -0.05) is 162 Å². The Morgan fingerprint density at radius 3 is 1.33 bits per heavy atom. The van der Waals surface area contributed by atoms with Crippen LogP contribution in [0.15, 0.2) is 12.4 Å². The first-order chi connectivity index (χ1) is 17.7. The van der Waals surface area contributed by atoms with E-state index in [2.05, 4.69) is 44.7 Å². The minimum atomic E-state index is 0.591. The van der Waals surface area contributed by atoms with E-state index in [1.54, 1.807) is 0 Å². The molecule has 1 aromatic rings. The van der Waals surface area contributed by atoms with Crippen LogP contribution in [0.1, 0.15) is 206 Å². The van der Waals surface area contributed by atoms with Crippen LogP contribution in [-0.2, 0) is 0 Å². The number of imidazole rings is 1. The highest BCUT2D eigenvalue weighted by Crippen LogP contribution is 2.30. The zero-order valence-corrected chi connectivity index (χ0v) is 25.4. The van der Waals surface area contributed by atoms with Gasteiger partial charge in [0.1, 0.15) is 5.82 Å². The summed E-state index contributed by atoms with van der Waals surface area (Å²) in [6.07, 6.45) is 39.4. The Hall–Kier alpha value is -0.790. The Kier molecular flexibility index (Phi) is 22.7. The molecule has 1 rings (SSSR count). The molecule has 0 N–H and O–H groups in total. The molecule has 0 aromatic carbocycles. The first kappa shape index (κ1) is 33.2. The topological polar surface area (TPSA) is 17.8 Å². The summed E-state index contributed by atoms with van der Waals surface area (Å²) in [5.41, 5.74) is 0. The summed E-state index contributed by atoms with van der Waals surface area (Å²) in [5, 5.41) is 0. The highest BCUT2D eigenvalue weighted by atomic mass is 15.1. The molecule has 2 atom stereocenters. The first-order valence-corrected chi connectivity index (χ1v) is 16.8. The maximum atomic E-state index is 4.94. The van der Waals surface area contributed by atoms with Gasteiger partial charge in [0.15, 0.2) is 0 Å². The van der Waals surface area contributed by atoms with Gasteiger partial charge in [-0.15, -0.1) is 0 Å². The molecule has 0 saturated carbocycles. The van der Waals surface area contributed by atoms with Gasteiger partial charge in [0, 0.05) is 24.4 Å². The standard InChI is InChI=1S/C34H66N2/c1-5-8-11-13-15-16-17-18-19-20-21-23-26-29-33(28-25-22-14-12-9-6-2)34-35-30-31-36(34)32(4)27-24-10-7-3/h30-33H,5-29H2,1-4H3. The molecule has 0 aliphatic heterocycles. The van der Waals surface area contributed by atoms with E-state index in [1.165, 1.54) is 166 Å². The molecule has 1 heterocycles. The van der Waals surface area contributed by atoms with Crippen LogP contribution in [-0.4, -0.2) is 9.55 Å². The molecule has 0 aliphatic rings. The highest BCUT2D eigenvalue weighted by molar-refractivity contribution is 5.02. The summed E-state index contributed by atoms with van der Waals surface area (Å²) in [5.74, 6) is 2.05. The summed E-state index contributed by atoms with van der Waals surface area (Å²) in [4.78, 5) is 4.94. The number of aromatic nitrogens is 2. The molecule has 2 unspecified atom stereocenters. The first-order valence-electron chi connectivity index (χ1n) is 16.8. The fourth-order valence-electron chi connectivity index (χ4n) is 5.82. The van der Waals surface area contributed by atoms with E-state index in [4.69, 9.17) is 4.98 Å². The van der Waals surface area contributed by atoms with E-state index >= 15 is 0 Å². The second-order valence-corrected chi connectivity index (χ2v) is 11.8. The summed E-state index contributed by atoms with van der Waals surface area (Å²) in [6.45, 7) is 9.33. The van der Waals surface area contributed by atoms with Crippen molar-refractivity contribution in [3.8, 4) is 0 Å². The van der Waals surface area contributed by atoms with E-state index in [-0.39, 0.29) is 0 Å². The predicted molar refractivity (Wildman–Crippen MR) is 162 cm³/mol. The molecule has 212 valence electrons. The minimum absolute atomic E-state index is 0.591. The summed E-state index contributed by atoms with van der Waals surface area (Å²) in [6, 6.07) is 0.591. The monoisotopic (exact) mass is 503 g/mol. The second kappa shape index (κ2) is 24.5. The maximum absolute atomic E-state index is 4.94. The third-order valence-electron chi connectivity index (χ3n) is 8.33. The third-order valence-corrected chi connectivity index (χ3v) is 8.33. The Labute approximate surface area is 227 Å². The molecule has 0 saturated heterocycles. The van der Waals surface area contributed by atoms with Crippen molar-refractivity contribution in [1.82, 2.24) is 9.55 Å². The van der Waals surface area contributed by atoms with Crippen LogP contribution < -0.4 is 0 Å². The smallest absolute Gasteiger partial charge is 0.111 e. The second-order valence-electron chi connectivity index (χ2n) is 11.8. The lowest BCUT2D eigenvalue weighted by atomic mass is 9.93. The van der Waals surface area contributed by atoms with Crippen LogP contribution >= 0.6 is 0 Å². The molecule has 0 fully saturated rings. The van der Waals surface area contributed by atoms with E-state index in [1.807, 2.05) is 0 Å². The van der Waals surface area contributed by atoms with E-state index in [0.29, 0.717) is 12.0 Å². The largest absolute Gasteiger partial charge is 0.332 e. The van der Waals surface area contributed by atoms with Crippen molar-refractivity contribution in [3.05, 3.63) is 18.2 Å². The number of unbranched alkanes of at least 4 members (excludes halogenated alkanes) is 19. The molecule has 0 spiro atoms. The number of nitrogens with zero attached hydrogens (tertiary/aromatic N) is 2. The van der Waals surface area contributed by atoms with Crippen molar-refractivity contribution in [3.63, 3.8) is 0 Å². The summed E-state index contributed by atoms with van der Waals surface area (Å²) >= 11 is 0. The van der Waals surface area contributed by atoms with Crippen molar-refractivity contribution in [2.45, 2.75) is 200 Å². The highest BCUT2D eigenvalue weighted by Gasteiger charge is 2.19. The van der Waals surface area contributed by atoms with Crippen LogP contribution in [0.2, 0.25) is 0 Å². The minimum Gasteiger partial charge on any atom is -0.332 e. The molecule has 2 nitrogen and oxygen atoms in total. The summed E-state index contributed by atoms with van der Waals surface area (Å²) < 4.78 is 2.54. The van der Waals surface area contributed by atoms with Gasteiger partial charge < -0.3 is 4.57 Å². The van der Waals surface area contributed by atoms with Crippen molar-refractivity contribution < 1.29 is 0 Å². The Morgan fingerprint density at radius 1 is 0.528 bits per heavy atom. The molecule has 36 heavy (non-hydrogen) atoms. The average molecular weight is 503 g/mol. The molecule has 1 aromatic heterocycles. The van der Waals surface area contributed by atoms with Gasteiger partial charge in [-0.25, -0.2) is 4.98 Å². The lowest BCUT2D eigenvalue weighted by Crippen LogP contribution is -2.13. The SMILES string of the molecule is CCCCCCCCCCCCCCCC(CCCCCCCC)c1nccn1C(C)CCCCC. The van der Waals surface area contributed by atoms with Crippen LogP contribution in [0, 0.1) is 0 Å². The Bertz CT molecular complexity index is 563. The van der Waals surface area contributed by atoms with E-state index in [9.17, 15) is 0 Å². The quantitative estimate of drug-likeness (QED) is 0.109. The zero-order chi connectivity index (χ0) is 26.1. The fraction of sp³-hybridized carbons (Fsp3) is 0.912. The van der Waals surface area contributed by atoms with Gasteiger partial charge in [0.05, 0.1) is 0 Å². The Morgan fingerprint density at radius 2 is 0.889 bits per heavy atom. The van der Waals surface area contributed by atoms with Gasteiger partial charge in [-0.3, -0.25) is 0 Å². The molecule has 0 radical (unpaired) electrons. The molecular formula is C34H66N2. The van der Waals surface area contributed by atoms with E-state index < -0.39 is 0 Å². The zero-order valence-electron chi connectivity index (χ0n) is 25.4. The van der Waals surface area contributed by atoms with Crippen LogP contribution in [0.4, 0.5) is 0 Å². The van der Waals surface area contributed by atoms with Crippen molar-refractivity contribution in [2.75, 3.05) is 0 Å². The maximum Gasteiger partial charge on any atom is 0.111 e. The molecule has 0 aliphatic carbocycles. The predicted octanol–water partition coefficient (Wildman–Crippen LogP) is 12.3. The van der Waals surface area contributed by atoms with Crippen LogP contribution in [0.5, 0.6) is 0 Å². The molecular weight excluding hydrogens is 436 g/mol. The molecule has 0 amide bonds. The Balaban J connectivity index is 2.35. The van der Waals surface area contributed by atoms with Gasteiger partial charge >= 0.3 is 0 Å². The van der Waals surface area contributed by atoms with Crippen molar-refractivity contribution in [2.24, 2.45) is 0 Å². The molecule has 0 bridgehead atoms. The lowest BCUT2D eigenvalue weighted by Gasteiger charge is -2.22. The van der Waals surface area contributed by atoms with Gasteiger partial charge in [-0.05, 0) is 26.2 Å². The van der Waals surface area contributed by atoms with Crippen molar-refractivity contribution >= 4 is 0 Å². The van der Waals surface area contributed by atoms with Crippen LogP contribution in [0.25, 0.3) is 0 Å². The fourth-order valence-corrected chi connectivity index (χ4v) is 5.82. The van der Waals surface area contributed by atoms with Crippen LogP contribution in [0.3, 0.4) is 0 Å². The average Bonchev–Trinajstić information content (AvgIpc) is 3.37. The normalized spacial score (nSPS) is 13.3. The van der Waals surface area contributed by atoms with Gasteiger partial charge in [0.25, 0.3) is 0 Å². The third kappa shape index (κ3) is 16.9. The van der Waals surface area contributed by atoms with Gasteiger partial charge in [-0.2, -0.15) is 0 Å². The van der Waals surface area contributed by atoms with Gasteiger partial charge in [0.2, 0.25) is 0 Å². The number of rotatable bonds is 27. The summed E-state index contributed by atoms with van der Waals surface area (Å²) in [7, 11) is 0. The van der Waals surface area contributed by atoms with E-state index in [0.717, 1.165) is 0 Å². The number of hydrogen-bond donors (Lipinski definition) is 0. The molecule has 2 heteroatoms. The van der Waals surface area contributed by atoms with Crippen molar-refractivity contribution in [1.29, 1.82) is 0 Å². The lowest BCUT2D eigenvalue weighted by molar-refractivity contribution is 0.415.